The molecular formula is C37H41Cl2N5O4. The predicted molar refractivity (Wildman–Crippen MR) is 189 cm³/mol. The third-order valence-electron chi connectivity index (χ3n) is 8.81. The van der Waals surface area contributed by atoms with Crippen molar-refractivity contribution in [3.05, 3.63) is 99.5 Å². The third kappa shape index (κ3) is 8.47. The zero-order chi connectivity index (χ0) is 33.5. The number of methoxy groups -OCH3 is 1. The number of nitrogens with zero attached hydrogens (tertiary/aromatic N) is 1. The molecule has 1 aromatic heterocycles. The molecule has 2 aliphatic heterocycles. The van der Waals surface area contributed by atoms with Gasteiger partial charge in [-0.05, 0) is 42.5 Å². The van der Waals surface area contributed by atoms with E-state index in [1.807, 2.05) is 48.5 Å². The highest BCUT2D eigenvalue weighted by molar-refractivity contribution is 6.38. The van der Waals surface area contributed by atoms with Crippen molar-refractivity contribution in [1.29, 1.82) is 0 Å². The van der Waals surface area contributed by atoms with Crippen LogP contribution in [0.15, 0.2) is 72.8 Å². The molecule has 0 bridgehead atoms. The Balaban J connectivity index is 1.09. The Morgan fingerprint density at radius 3 is 2.27 bits per heavy atom. The van der Waals surface area contributed by atoms with Crippen LogP contribution in [0.2, 0.25) is 10.0 Å². The lowest BCUT2D eigenvalue weighted by molar-refractivity contribution is -0.119. The summed E-state index contributed by atoms with van der Waals surface area (Å²) >= 11 is 13.9. The Bertz CT molecular complexity index is 1720. The van der Waals surface area contributed by atoms with Gasteiger partial charge in [-0.2, -0.15) is 0 Å². The second-order valence-corrected chi connectivity index (χ2v) is 13.0. The second-order valence-electron chi connectivity index (χ2n) is 12.3. The molecule has 2 aliphatic rings. The number of aliphatic hydroxyl groups excluding tert-OH is 1. The predicted octanol–water partition coefficient (Wildman–Crippen LogP) is 5.84. The molecule has 252 valence electrons. The lowest BCUT2D eigenvalue weighted by Crippen LogP contribution is -2.37. The maximum Gasteiger partial charge on any atom is 0.220 e. The van der Waals surface area contributed by atoms with Gasteiger partial charge in [-0.1, -0.05) is 83.9 Å². The van der Waals surface area contributed by atoms with E-state index in [-0.39, 0.29) is 18.2 Å². The van der Waals surface area contributed by atoms with Gasteiger partial charge in [-0.3, -0.25) is 10.1 Å². The smallest absolute Gasteiger partial charge is 0.220 e. The minimum Gasteiger partial charge on any atom is -0.487 e. The van der Waals surface area contributed by atoms with E-state index in [9.17, 15) is 9.90 Å². The summed E-state index contributed by atoms with van der Waals surface area (Å²) in [6, 6.07) is 24.2. The van der Waals surface area contributed by atoms with Crippen LogP contribution in [0.4, 0.5) is 0 Å². The first-order chi connectivity index (χ1) is 23.4. The van der Waals surface area contributed by atoms with Crippen molar-refractivity contribution in [2.24, 2.45) is 0 Å². The molecule has 4 aromatic rings. The first kappa shape index (κ1) is 34.2. The topological polar surface area (TPSA) is 117 Å². The number of hydrogen-bond acceptors (Lipinski definition) is 8. The average Bonchev–Trinajstić information content (AvgIpc) is 3.72. The van der Waals surface area contributed by atoms with Crippen LogP contribution < -0.4 is 30.7 Å². The maximum atomic E-state index is 11.5. The molecule has 3 atom stereocenters. The molecule has 0 aliphatic carbocycles. The monoisotopic (exact) mass is 689 g/mol. The van der Waals surface area contributed by atoms with E-state index < -0.39 is 0 Å². The zero-order valence-electron chi connectivity index (χ0n) is 26.9. The lowest BCUT2D eigenvalue weighted by atomic mass is 10.0. The van der Waals surface area contributed by atoms with Gasteiger partial charge in [0.25, 0.3) is 0 Å². The Hall–Kier alpha value is -3.70. The normalized spacial score (nSPS) is 19.0. The Morgan fingerprint density at radius 2 is 1.54 bits per heavy atom. The number of ether oxygens (including phenoxy) is 2. The summed E-state index contributed by atoms with van der Waals surface area (Å²) in [6.07, 6.45) is 2.82. The van der Waals surface area contributed by atoms with Crippen LogP contribution in [0.25, 0.3) is 22.4 Å². The van der Waals surface area contributed by atoms with E-state index >= 15 is 0 Å². The fraction of sp³-hybridized carbons (Fsp3) is 0.351. The van der Waals surface area contributed by atoms with Gasteiger partial charge in [0.2, 0.25) is 11.8 Å². The van der Waals surface area contributed by atoms with Gasteiger partial charge in [-0.25, -0.2) is 4.98 Å². The Morgan fingerprint density at radius 1 is 0.833 bits per heavy atom. The second kappa shape index (κ2) is 16.1. The molecule has 1 amide bonds. The summed E-state index contributed by atoms with van der Waals surface area (Å²) in [7, 11) is 1.60. The number of aromatic nitrogens is 1. The molecule has 3 heterocycles. The first-order valence-electron chi connectivity index (χ1n) is 16.3. The number of pyridine rings is 1. The van der Waals surface area contributed by atoms with Crippen molar-refractivity contribution >= 4 is 29.1 Å². The summed E-state index contributed by atoms with van der Waals surface area (Å²) in [5.74, 6) is 1.19. The molecule has 0 radical (unpaired) electrons. The largest absolute Gasteiger partial charge is 0.487 e. The highest BCUT2D eigenvalue weighted by Gasteiger charge is 2.22. The van der Waals surface area contributed by atoms with E-state index in [4.69, 9.17) is 37.7 Å². The van der Waals surface area contributed by atoms with E-state index in [0.29, 0.717) is 59.5 Å². The van der Waals surface area contributed by atoms with Crippen LogP contribution >= 0.6 is 23.2 Å². The molecule has 9 nitrogen and oxygen atoms in total. The molecule has 11 heteroatoms. The fourth-order valence-electron chi connectivity index (χ4n) is 6.17. The molecule has 1 unspecified atom stereocenters. The van der Waals surface area contributed by atoms with Crippen molar-refractivity contribution in [1.82, 2.24) is 26.3 Å². The molecule has 3 aromatic carbocycles. The van der Waals surface area contributed by atoms with E-state index in [2.05, 4.69) is 45.5 Å². The zero-order valence-corrected chi connectivity index (χ0v) is 28.4. The summed E-state index contributed by atoms with van der Waals surface area (Å²) in [4.78, 5) is 16.3. The number of benzene rings is 3. The Kier molecular flexibility index (Phi) is 11.5. The van der Waals surface area contributed by atoms with Crippen LogP contribution in [-0.2, 0) is 24.5 Å². The minimum absolute atomic E-state index is 0.103. The van der Waals surface area contributed by atoms with Gasteiger partial charge in [0, 0.05) is 66.9 Å². The number of nitrogens with one attached hydrogen (secondary N) is 4. The summed E-state index contributed by atoms with van der Waals surface area (Å²) < 4.78 is 11.8. The van der Waals surface area contributed by atoms with Crippen molar-refractivity contribution in [2.45, 2.75) is 63.7 Å². The van der Waals surface area contributed by atoms with E-state index in [1.165, 1.54) is 5.56 Å². The molecule has 0 spiro atoms. The molecule has 6 rings (SSSR count). The summed E-state index contributed by atoms with van der Waals surface area (Å²) in [5.41, 5.74) is 6.10. The van der Waals surface area contributed by atoms with Crippen molar-refractivity contribution < 1.29 is 19.4 Å². The number of amides is 1. The van der Waals surface area contributed by atoms with Crippen molar-refractivity contribution in [3.8, 4) is 34.0 Å². The number of carbonyl (C=O) groups excluding carboxylic acids is 1. The molecule has 48 heavy (non-hydrogen) atoms. The average molecular weight is 691 g/mol. The number of carbonyl (C=O) groups is 1. The van der Waals surface area contributed by atoms with Gasteiger partial charge in [0.1, 0.15) is 18.6 Å². The number of aliphatic hydroxyl groups is 1. The van der Waals surface area contributed by atoms with Crippen LogP contribution in [-0.4, -0.2) is 54.5 Å². The molecule has 2 fully saturated rings. The number of hydrogen-bond donors (Lipinski definition) is 5. The highest BCUT2D eigenvalue weighted by Crippen LogP contribution is 2.42. The first-order valence-corrected chi connectivity index (χ1v) is 17.1. The highest BCUT2D eigenvalue weighted by atomic mass is 35.5. The fourth-order valence-corrected chi connectivity index (χ4v) is 6.78. The summed E-state index contributed by atoms with van der Waals surface area (Å²) in [6.45, 7) is 3.20. The maximum absolute atomic E-state index is 11.5. The molecule has 5 N–H and O–H groups in total. The quantitative estimate of drug-likeness (QED) is 0.112. The minimum atomic E-state index is -0.383. The number of rotatable bonds is 14. The molecule has 2 saturated heterocycles. The standard InChI is InChI=1S/C37H41Cl2N5O4/c1-47-37-25(19-41-21-27-14-17-34(46)43-27)12-15-31(44-37)30-6-2-4-28(35(30)38)29-5-3-7-32(36(29)39)48-22-24-10-8-23(9-11-24)18-40-20-26-13-16-33(45)42-26/h2-12,15,26-27,33,40-42,45H,13-14,16-22H2,1H3,(H,43,46)/t26-,27-,33?/m0/s1. The van der Waals surface area contributed by atoms with Crippen LogP contribution in [0, 0.1) is 0 Å². The van der Waals surface area contributed by atoms with Gasteiger partial charge in [0.15, 0.2) is 0 Å². The van der Waals surface area contributed by atoms with Crippen LogP contribution in [0.5, 0.6) is 11.6 Å². The third-order valence-corrected chi connectivity index (χ3v) is 9.60. The van der Waals surface area contributed by atoms with Gasteiger partial charge < -0.3 is 30.5 Å². The van der Waals surface area contributed by atoms with Gasteiger partial charge in [-0.15, -0.1) is 0 Å². The van der Waals surface area contributed by atoms with Crippen LogP contribution in [0.3, 0.4) is 0 Å². The lowest BCUT2D eigenvalue weighted by Gasteiger charge is -2.16. The van der Waals surface area contributed by atoms with E-state index in [1.54, 1.807) is 7.11 Å². The van der Waals surface area contributed by atoms with Crippen molar-refractivity contribution in [3.63, 3.8) is 0 Å². The van der Waals surface area contributed by atoms with Crippen molar-refractivity contribution in [2.75, 3.05) is 20.2 Å². The van der Waals surface area contributed by atoms with E-state index in [0.717, 1.165) is 60.2 Å². The SMILES string of the molecule is COc1nc(-c2cccc(-c3cccc(OCc4ccc(CNC[C@@H]5CCC(O)N5)cc4)c3Cl)c2Cl)ccc1CNC[C@@H]1CCC(=O)N1. The van der Waals surface area contributed by atoms with Gasteiger partial charge in [0.05, 0.1) is 22.8 Å². The molecular weight excluding hydrogens is 649 g/mol. The Labute approximate surface area is 291 Å². The summed E-state index contributed by atoms with van der Waals surface area (Å²) in [5, 5.41) is 23.6. The number of halogens is 2. The van der Waals surface area contributed by atoms with Gasteiger partial charge >= 0.3 is 0 Å². The molecule has 0 saturated carbocycles. The van der Waals surface area contributed by atoms with Crippen LogP contribution in [0.1, 0.15) is 42.4 Å².